The molecule has 0 aromatic carbocycles. The summed E-state index contributed by atoms with van der Waals surface area (Å²) >= 11 is 0. The van der Waals surface area contributed by atoms with Crippen molar-refractivity contribution in [3.63, 3.8) is 0 Å². The van der Waals surface area contributed by atoms with Crippen LogP contribution >= 0.6 is 0 Å². The van der Waals surface area contributed by atoms with Crippen molar-refractivity contribution in [2.45, 2.75) is 26.7 Å². The van der Waals surface area contributed by atoms with Gasteiger partial charge < -0.3 is 33.2 Å². The van der Waals surface area contributed by atoms with Gasteiger partial charge in [-0.15, -0.1) is 0 Å². The lowest BCUT2D eigenvalue weighted by Crippen LogP contribution is -2.14. The van der Waals surface area contributed by atoms with E-state index in [9.17, 15) is 0 Å². The van der Waals surface area contributed by atoms with Crippen molar-refractivity contribution in [2.75, 3.05) is 92.5 Å². The summed E-state index contributed by atoms with van der Waals surface area (Å²) in [6.07, 6.45) is 2.08. The molecule has 0 saturated carbocycles. The molecular formula is C18H38O7. The molecule has 25 heavy (non-hydrogen) atoms. The molecule has 0 N–H and O–H groups in total. The van der Waals surface area contributed by atoms with Gasteiger partial charge in [0.05, 0.1) is 79.3 Å². The number of hydrogen-bond acceptors (Lipinski definition) is 7. The van der Waals surface area contributed by atoms with Gasteiger partial charge in [-0.3, -0.25) is 0 Å². The van der Waals surface area contributed by atoms with E-state index in [2.05, 4.69) is 13.8 Å². The lowest BCUT2D eigenvalue weighted by Gasteiger charge is -2.08. The van der Waals surface area contributed by atoms with Gasteiger partial charge in [-0.25, -0.2) is 0 Å². The average molecular weight is 366 g/mol. The largest absolute Gasteiger partial charge is 0.379 e. The third-order valence-corrected chi connectivity index (χ3v) is 2.93. The summed E-state index contributed by atoms with van der Waals surface area (Å²) in [7, 11) is 0. The molecule has 0 bridgehead atoms. The fourth-order valence-corrected chi connectivity index (χ4v) is 1.71. The second-order valence-corrected chi connectivity index (χ2v) is 5.29. The van der Waals surface area contributed by atoms with E-state index in [1.807, 2.05) is 0 Å². The normalized spacial score (nSPS) is 11.3. The number of rotatable bonds is 22. The molecule has 0 amide bonds. The maximum atomic E-state index is 5.41. The summed E-state index contributed by atoms with van der Waals surface area (Å²) in [6, 6.07) is 0. The van der Waals surface area contributed by atoms with E-state index >= 15 is 0 Å². The fourth-order valence-electron chi connectivity index (χ4n) is 1.71. The molecule has 0 aromatic heterocycles. The van der Waals surface area contributed by atoms with Crippen molar-refractivity contribution < 1.29 is 33.2 Å². The Morgan fingerprint density at radius 3 is 0.600 bits per heavy atom. The van der Waals surface area contributed by atoms with Crippen molar-refractivity contribution >= 4 is 0 Å². The predicted molar refractivity (Wildman–Crippen MR) is 96.3 cm³/mol. The van der Waals surface area contributed by atoms with Gasteiger partial charge in [-0.1, -0.05) is 13.8 Å². The van der Waals surface area contributed by atoms with Crippen molar-refractivity contribution in [1.29, 1.82) is 0 Å². The average Bonchev–Trinajstić information content (AvgIpc) is 2.63. The first-order chi connectivity index (χ1) is 12.4. The zero-order valence-corrected chi connectivity index (χ0v) is 16.2. The molecule has 0 atom stereocenters. The van der Waals surface area contributed by atoms with Crippen LogP contribution < -0.4 is 0 Å². The van der Waals surface area contributed by atoms with E-state index in [0.717, 1.165) is 26.1 Å². The molecule has 0 aliphatic rings. The topological polar surface area (TPSA) is 64.6 Å². The summed E-state index contributed by atoms with van der Waals surface area (Å²) in [5, 5.41) is 0. The van der Waals surface area contributed by atoms with Crippen LogP contribution in [0.1, 0.15) is 26.7 Å². The van der Waals surface area contributed by atoms with E-state index in [4.69, 9.17) is 33.2 Å². The van der Waals surface area contributed by atoms with Crippen LogP contribution in [0.4, 0.5) is 0 Å². The highest BCUT2D eigenvalue weighted by molar-refractivity contribution is 4.37. The van der Waals surface area contributed by atoms with Crippen LogP contribution in [0, 0.1) is 0 Å². The van der Waals surface area contributed by atoms with Crippen molar-refractivity contribution in [3.05, 3.63) is 0 Å². The van der Waals surface area contributed by atoms with Gasteiger partial charge in [-0.05, 0) is 12.8 Å². The molecule has 7 nitrogen and oxygen atoms in total. The Kier molecular flexibility index (Phi) is 23.5. The molecule has 0 saturated heterocycles. The second-order valence-electron chi connectivity index (χ2n) is 5.29. The van der Waals surface area contributed by atoms with Gasteiger partial charge in [0.2, 0.25) is 0 Å². The summed E-state index contributed by atoms with van der Waals surface area (Å²) in [4.78, 5) is 0. The molecule has 0 rings (SSSR count). The third-order valence-electron chi connectivity index (χ3n) is 2.93. The van der Waals surface area contributed by atoms with Gasteiger partial charge >= 0.3 is 0 Å². The zero-order valence-electron chi connectivity index (χ0n) is 16.2. The van der Waals surface area contributed by atoms with Crippen LogP contribution in [-0.4, -0.2) is 92.5 Å². The molecule has 152 valence electrons. The predicted octanol–water partition coefficient (Wildman–Crippen LogP) is 1.92. The Labute approximate surface area is 153 Å². The molecule has 0 aliphatic heterocycles. The van der Waals surface area contributed by atoms with Gasteiger partial charge in [0, 0.05) is 13.2 Å². The molecule has 7 heteroatoms. The summed E-state index contributed by atoms with van der Waals surface area (Å²) in [5.41, 5.74) is 0. The molecule has 0 unspecified atom stereocenters. The van der Waals surface area contributed by atoms with Crippen molar-refractivity contribution in [3.8, 4) is 0 Å². The quantitative estimate of drug-likeness (QED) is 0.271. The second kappa shape index (κ2) is 23.7. The standard InChI is InChI=1S/C18H38O7/c1-3-5-19-7-9-21-11-13-23-15-17-25-18-16-24-14-12-22-10-8-20-6-4-2/h3-18H2,1-2H3. The van der Waals surface area contributed by atoms with E-state index < -0.39 is 0 Å². The summed E-state index contributed by atoms with van der Waals surface area (Å²) in [6.45, 7) is 12.9. The SMILES string of the molecule is CCCOCCOCCOCCOCCOCCOCCOCCC. The molecule has 0 heterocycles. The van der Waals surface area contributed by atoms with Gasteiger partial charge in [0.1, 0.15) is 0 Å². The van der Waals surface area contributed by atoms with E-state index in [1.165, 1.54) is 0 Å². The Bertz CT molecular complexity index is 207. The smallest absolute Gasteiger partial charge is 0.0701 e. The Morgan fingerprint density at radius 1 is 0.280 bits per heavy atom. The highest BCUT2D eigenvalue weighted by Gasteiger charge is 1.94. The Balaban J connectivity index is 2.94. The van der Waals surface area contributed by atoms with Crippen LogP contribution in [0.15, 0.2) is 0 Å². The fraction of sp³-hybridized carbons (Fsp3) is 1.00. The zero-order chi connectivity index (χ0) is 18.3. The van der Waals surface area contributed by atoms with Crippen LogP contribution in [-0.2, 0) is 33.2 Å². The Morgan fingerprint density at radius 2 is 0.440 bits per heavy atom. The maximum absolute atomic E-state index is 5.41. The number of ether oxygens (including phenoxy) is 7. The van der Waals surface area contributed by atoms with E-state index in [1.54, 1.807) is 0 Å². The van der Waals surface area contributed by atoms with Gasteiger partial charge in [0.15, 0.2) is 0 Å². The molecular weight excluding hydrogens is 328 g/mol. The third kappa shape index (κ3) is 23.7. The van der Waals surface area contributed by atoms with Gasteiger partial charge in [0.25, 0.3) is 0 Å². The maximum Gasteiger partial charge on any atom is 0.0701 e. The van der Waals surface area contributed by atoms with Crippen molar-refractivity contribution in [1.82, 2.24) is 0 Å². The van der Waals surface area contributed by atoms with Crippen LogP contribution in [0.25, 0.3) is 0 Å². The van der Waals surface area contributed by atoms with E-state index in [-0.39, 0.29) is 0 Å². The first-order valence-electron chi connectivity index (χ1n) is 9.46. The monoisotopic (exact) mass is 366 g/mol. The summed E-state index contributed by atoms with van der Waals surface area (Å²) < 4.78 is 37.5. The Hall–Kier alpha value is -0.280. The molecule has 0 spiro atoms. The summed E-state index contributed by atoms with van der Waals surface area (Å²) in [5.74, 6) is 0. The molecule has 0 radical (unpaired) electrons. The first kappa shape index (κ1) is 24.7. The highest BCUT2D eigenvalue weighted by Crippen LogP contribution is 1.86. The minimum absolute atomic E-state index is 0.564. The number of hydrogen-bond donors (Lipinski definition) is 0. The minimum Gasteiger partial charge on any atom is -0.379 e. The van der Waals surface area contributed by atoms with Crippen LogP contribution in [0.3, 0.4) is 0 Å². The molecule has 0 aliphatic carbocycles. The lowest BCUT2D eigenvalue weighted by atomic mass is 10.5. The molecule has 0 aromatic rings. The van der Waals surface area contributed by atoms with E-state index in [0.29, 0.717) is 79.3 Å². The lowest BCUT2D eigenvalue weighted by molar-refractivity contribution is -0.0204. The van der Waals surface area contributed by atoms with Crippen LogP contribution in [0.2, 0.25) is 0 Å². The highest BCUT2D eigenvalue weighted by atomic mass is 16.6. The molecule has 0 fully saturated rings. The van der Waals surface area contributed by atoms with Gasteiger partial charge in [-0.2, -0.15) is 0 Å². The van der Waals surface area contributed by atoms with Crippen LogP contribution in [0.5, 0.6) is 0 Å². The van der Waals surface area contributed by atoms with Crippen molar-refractivity contribution in [2.24, 2.45) is 0 Å². The minimum atomic E-state index is 0.564. The first-order valence-corrected chi connectivity index (χ1v) is 9.46.